The van der Waals surface area contributed by atoms with Crippen LogP contribution < -0.4 is 0 Å². The number of aryl methyl sites for hydroxylation is 1. The van der Waals surface area contributed by atoms with Gasteiger partial charge in [-0.25, -0.2) is 9.78 Å². The van der Waals surface area contributed by atoms with Crippen LogP contribution in [0.15, 0.2) is 18.2 Å². The number of rotatable bonds is 7. The van der Waals surface area contributed by atoms with Crippen molar-refractivity contribution in [1.82, 2.24) is 9.55 Å². The van der Waals surface area contributed by atoms with Gasteiger partial charge in [-0.15, -0.1) is 0 Å². The molecule has 6 heteroatoms. The van der Waals surface area contributed by atoms with E-state index in [0.29, 0.717) is 25.3 Å². The number of hydrogen-bond acceptors (Lipinski definition) is 4. The van der Waals surface area contributed by atoms with Crippen LogP contribution in [0.5, 0.6) is 0 Å². The highest BCUT2D eigenvalue weighted by molar-refractivity contribution is 5.92. The molecule has 0 aliphatic heterocycles. The maximum absolute atomic E-state index is 11.0. The molecule has 108 valence electrons. The molecule has 0 radical (unpaired) electrons. The van der Waals surface area contributed by atoms with Crippen LogP contribution in [0.3, 0.4) is 0 Å². The zero-order valence-corrected chi connectivity index (χ0v) is 11.4. The third-order valence-corrected chi connectivity index (χ3v) is 3.09. The van der Waals surface area contributed by atoms with Crippen LogP contribution in [0.2, 0.25) is 0 Å². The molecule has 0 spiro atoms. The summed E-state index contributed by atoms with van der Waals surface area (Å²) >= 11 is 0. The van der Waals surface area contributed by atoms with Gasteiger partial charge in [0, 0.05) is 13.0 Å². The van der Waals surface area contributed by atoms with E-state index in [1.54, 1.807) is 18.2 Å². The Bertz CT molecular complexity index is 606. The number of nitrogens with zero attached hydrogens (tertiary/aromatic N) is 2. The first kappa shape index (κ1) is 14.5. The first-order valence-corrected chi connectivity index (χ1v) is 6.58. The lowest BCUT2D eigenvalue weighted by atomic mass is 10.2. The summed E-state index contributed by atoms with van der Waals surface area (Å²) in [6.07, 6.45) is 0.761. The van der Waals surface area contributed by atoms with Crippen LogP contribution in [0.25, 0.3) is 11.0 Å². The quantitative estimate of drug-likeness (QED) is 0.746. The van der Waals surface area contributed by atoms with E-state index in [-0.39, 0.29) is 12.2 Å². The molecular formula is C14H18N2O4. The maximum Gasteiger partial charge on any atom is 0.335 e. The Hall–Kier alpha value is -1.92. The van der Waals surface area contributed by atoms with Crippen molar-refractivity contribution in [2.75, 3.05) is 19.8 Å². The van der Waals surface area contributed by atoms with E-state index in [2.05, 4.69) is 4.98 Å². The molecule has 2 aromatic rings. The zero-order valence-electron chi connectivity index (χ0n) is 11.4. The van der Waals surface area contributed by atoms with Crippen molar-refractivity contribution in [2.24, 2.45) is 0 Å². The van der Waals surface area contributed by atoms with Crippen LogP contribution in [0.1, 0.15) is 23.1 Å². The normalized spacial score (nSPS) is 11.1. The van der Waals surface area contributed by atoms with Crippen molar-refractivity contribution in [3.05, 3.63) is 29.6 Å². The lowest BCUT2D eigenvalue weighted by Crippen LogP contribution is -2.10. The van der Waals surface area contributed by atoms with Crippen LogP contribution in [-0.4, -0.2) is 45.6 Å². The van der Waals surface area contributed by atoms with Gasteiger partial charge in [0.15, 0.2) is 0 Å². The number of aromatic nitrogens is 2. The molecule has 0 aliphatic carbocycles. The summed E-state index contributed by atoms with van der Waals surface area (Å²) < 4.78 is 7.30. The average molecular weight is 278 g/mol. The maximum atomic E-state index is 11.0. The first-order chi connectivity index (χ1) is 9.67. The number of hydrogen-bond donors (Lipinski definition) is 2. The van der Waals surface area contributed by atoms with Crippen molar-refractivity contribution in [3.8, 4) is 0 Å². The summed E-state index contributed by atoms with van der Waals surface area (Å²) in [5, 5.41) is 17.7. The Morgan fingerprint density at radius 3 is 2.85 bits per heavy atom. The fourth-order valence-corrected chi connectivity index (χ4v) is 2.15. The molecule has 2 N–H and O–H groups in total. The van der Waals surface area contributed by atoms with Crippen molar-refractivity contribution < 1.29 is 19.7 Å². The summed E-state index contributed by atoms with van der Waals surface area (Å²) in [6.45, 7) is 3.45. The largest absolute Gasteiger partial charge is 0.478 e. The Balaban J connectivity index is 2.29. The third kappa shape index (κ3) is 2.97. The predicted molar refractivity (Wildman–Crippen MR) is 74.0 cm³/mol. The van der Waals surface area contributed by atoms with Crippen molar-refractivity contribution in [1.29, 1.82) is 0 Å². The number of carboxylic acid groups (broad SMARTS) is 1. The molecule has 0 unspecified atom stereocenters. The summed E-state index contributed by atoms with van der Waals surface area (Å²) in [6, 6.07) is 4.94. The fourth-order valence-electron chi connectivity index (χ4n) is 2.15. The number of aromatic carboxylic acids is 1. The number of carboxylic acids is 1. The van der Waals surface area contributed by atoms with E-state index >= 15 is 0 Å². The molecule has 0 saturated carbocycles. The fraction of sp³-hybridized carbons (Fsp3) is 0.429. The highest BCUT2D eigenvalue weighted by atomic mass is 16.5. The van der Waals surface area contributed by atoms with Crippen LogP contribution in [0, 0.1) is 0 Å². The van der Waals surface area contributed by atoms with Gasteiger partial charge < -0.3 is 19.5 Å². The van der Waals surface area contributed by atoms with Gasteiger partial charge in [-0.2, -0.15) is 0 Å². The summed E-state index contributed by atoms with van der Waals surface area (Å²) in [5.41, 5.74) is 1.82. The van der Waals surface area contributed by atoms with Gasteiger partial charge in [-0.05, 0) is 18.2 Å². The minimum atomic E-state index is -0.953. The standard InChI is InChI=1S/C14H18N2O4/c1-2-13-15-11-9-10(14(18)19)3-4-12(11)16(13)5-7-20-8-6-17/h3-4,9,17H,2,5-8H2,1H3,(H,18,19). The summed E-state index contributed by atoms with van der Waals surface area (Å²) in [4.78, 5) is 15.4. The van der Waals surface area contributed by atoms with Gasteiger partial charge in [-0.1, -0.05) is 6.92 Å². The highest BCUT2D eigenvalue weighted by Crippen LogP contribution is 2.18. The lowest BCUT2D eigenvalue weighted by molar-refractivity contribution is 0.0697. The molecular weight excluding hydrogens is 260 g/mol. The van der Waals surface area contributed by atoms with Gasteiger partial charge in [0.05, 0.1) is 36.4 Å². The number of aliphatic hydroxyl groups excluding tert-OH is 1. The number of ether oxygens (including phenoxy) is 1. The summed E-state index contributed by atoms with van der Waals surface area (Å²) in [5.74, 6) is -0.0547. The minimum Gasteiger partial charge on any atom is -0.478 e. The molecule has 0 saturated heterocycles. The number of aliphatic hydroxyl groups is 1. The second kappa shape index (κ2) is 6.49. The van der Waals surface area contributed by atoms with Gasteiger partial charge in [0.2, 0.25) is 0 Å². The summed E-state index contributed by atoms with van der Waals surface area (Å²) in [7, 11) is 0. The number of imidazole rings is 1. The Morgan fingerprint density at radius 1 is 1.40 bits per heavy atom. The Kier molecular flexibility index (Phi) is 4.70. The topological polar surface area (TPSA) is 84.6 Å². The van der Waals surface area contributed by atoms with Gasteiger partial charge in [-0.3, -0.25) is 0 Å². The molecule has 0 amide bonds. The van der Waals surface area contributed by atoms with Gasteiger partial charge >= 0.3 is 5.97 Å². The van der Waals surface area contributed by atoms with E-state index < -0.39 is 5.97 Å². The van der Waals surface area contributed by atoms with Crippen LogP contribution >= 0.6 is 0 Å². The molecule has 0 atom stereocenters. The molecule has 20 heavy (non-hydrogen) atoms. The van der Waals surface area contributed by atoms with E-state index in [4.69, 9.17) is 14.9 Å². The van der Waals surface area contributed by atoms with Gasteiger partial charge in [0.1, 0.15) is 5.82 Å². The molecule has 6 nitrogen and oxygen atoms in total. The van der Waals surface area contributed by atoms with Crippen molar-refractivity contribution >= 4 is 17.0 Å². The Morgan fingerprint density at radius 2 is 2.20 bits per heavy atom. The second-order valence-corrected chi connectivity index (χ2v) is 4.38. The minimum absolute atomic E-state index is 0.00722. The number of fused-ring (bicyclic) bond motifs is 1. The molecule has 0 aliphatic rings. The molecule has 2 rings (SSSR count). The second-order valence-electron chi connectivity index (χ2n) is 4.38. The zero-order chi connectivity index (χ0) is 14.5. The highest BCUT2D eigenvalue weighted by Gasteiger charge is 2.11. The molecule has 0 bridgehead atoms. The van der Waals surface area contributed by atoms with E-state index in [9.17, 15) is 4.79 Å². The Labute approximate surface area is 116 Å². The van der Waals surface area contributed by atoms with Crippen LogP contribution in [-0.2, 0) is 17.7 Å². The lowest BCUT2D eigenvalue weighted by Gasteiger charge is -2.08. The smallest absolute Gasteiger partial charge is 0.335 e. The first-order valence-electron chi connectivity index (χ1n) is 6.58. The molecule has 1 aromatic carbocycles. The molecule has 0 fully saturated rings. The van der Waals surface area contributed by atoms with E-state index in [1.807, 2.05) is 11.5 Å². The monoisotopic (exact) mass is 278 g/mol. The third-order valence-electron chi connectivity index (χ3n) is 3.09. The van der Waals surface area contributed by atoms with Crippen LogP contribution in [0.4, 0.5) is 0 Å². The SMILES string of the molecule is CCc1nc2cc(C(=O)O)ccc2n1CCOCCO. The van der Waals surface area contributed by atoms with Crippen molar-refractivity contribution in [2.45, 2.75) is 19.9 Å². The van der Waals surface area contributed by atoms with Crippen molar-refractivity contribution in [3.63, 3.8) is 0 Å². The predicted octanol–water partition coefficient (Wildman–Crippen LogP) is 1.31. The molecule has 1 heterocycles. The van der Waals surface area contributed by atoms with E-state index in [1.165, 1.54) is 0 Å². The van der Waals surface area contributed by atoms with E-state index in [0.717, 1.165) is 17.8 Å². The molecule has 1 aromatic heterocycles. The number of carbonyl (C=O) groups is 1. The van der Waals surface area contributed by atoms with Gasteiger partial charge in [0.25, 0.3) is 0 Å². The average Bonchev–Trinajstić information content (AvgIpc) is 2.80. The number of benzene rings is 1.